The molecule has 2 heterocycles. The van der Waals surface area contributed by atoms with Crippen LogP contribution < -0.4 is 4.73 Å². The summed E-state index contributed by atoms with van der Waals surface area (Å²) in [5, 5.41) is 12.1. The molecule has 0 saturated heterocycles. The third kappa shape index (κ3) is 0.974. The Morgan fingerprint density at radius 2 is 2.21 bits per heavy atom. The minimum absolute atomic E-state index is 0.753. The molecular formula is C10H8N2OS. The van der Waals surface area contributed by atoms with Gasteiger partial charge in [-0.15, -0.1) is 0 Å². The van der Waals surface area contributed by atoms with Crippen LogP contribution in [0.3, 0.4) is 0 Å². The van der Waals surface area contributed by atoms with Crippen molar-refractivity contribution in [1.82, 2.24) is 4.57 Å². The summed E-state index contributed by atoms with van der Waals surface area (Å²) in [7, 11) is 0. The van der Waals surface area contributed by atoms with E-state index in [0.717, 1.165) is 21.3 Å². The Kier molecular flexibility index (Phi) is 1.58. The van der Waals surface area contributed by atoms with Crippen LogP contribution in [-0.2, 0) is 5.75 Å². The van der Waals surface area contributed by atoms with E-state index in [1.165, 1.54) is 5.56 Å². The summed E-state index contributed by atoms with van der Waals surface area (Å²) in [6.07, 6.45) is 3.36. The van der Waals surface area contributed by atoms with E-state index in [2.05, 4.69) is 6.07 Å². The summed E-state index contributed by atoms with van der Waals surface area (Å²) >= 11 is 1.58. The van der Waals surface area contributed by atoms with Crippen molar-refractivity contribution in [1.29, 1.82) is 0 Å². The summed E-state index contributed by atoms with van der Waals surface area (Å²) in [5.41, 5.74) is 2.40. The lowest BCUT2D eigenvalue weighted by Crippen LogP contribution is -2.27. The van der Waals surface area contributed by atoms with E-state index in [-0.39, 0.29) is 0 Å². The normalized spacial score (nSPS) is 13.4. The minimum atomic E-state index is 0.753. The van der Waals surface area contributed by atoms with Crippen LogP contribution in [0.25, 0.3) is 5.69 Å². The maximum Gasteiger partial charge on any atom is 0.326 e. The van der Waals surface area contributed by atoms with Gasteiger partial charge < -0.3 is 5.21 Å². The summed E-state index contributed by atoms with van der Waals surface area (Å²) in [4.78, 5) is 0. The average Bonchev–Trinajstić information content (AvgIpc) is 2.61. The number of hydrogen-bond acceptors (Lipinski definition) is 2. The van der Waals surface area contributed by atoms with Gasteiger partial charge in [-0.25, -0.2) is 4.73 Å². The van der Waals surface area contributed by atoms with Crippen molar-refractivity contribution in [3.8, 4) is 5.69 Å². The van der Waals surface area contributed by atoms with E-state index in [1.54, 1.807) is 18.0 Å². The molecule has 1 aromatic heterocycles. The van der Waals surface area contributed by atoms with Crippen LogP contribution >= 0.6 is 11.8 Å². The smallest absolute Gasteiger partial charge is 0.326 e. The zero-order valence-corrected chi connectivity index (χ0v) is 8.20. The Morgan fingerprint density at radius 1 is 1.36 bits per heavy atom. The van der Waals surface area contributed by atoms with E-state index in [0.29, 0.717) is 0 Å². The number of fused-ring (bicyclic) bond motifs is 3. The molecule has 0 atom stereocenters. The van der Waals surface area contributed by atoms with Crippen LogP contribution in [0.1, 0.15) is 5.56 Å². The fraction of sp³-hybridized carbons (Fsp3) is 0.100. The summed E-state index contributed by atoms with van der Waals surface area (Å²) in [5.74, 6) is 0.877. The van der Waals surface area contributed by atoms with Crippen molar-refractivity contribution in [3.63, 3.8) is 0 Å². The van der Waals surface area contributed by atoms with E-state index in [9.17, 15) is 5.21 Å². The Bertz CT molecular complexity index is 493. The van der Waals surface area contributed by atoms with Crippen LogP contribution in [0.15, 0.2) is 41.8 Å². The number of nitrogens with zero attached hydrogens (tertiary/aromatic N) is 2. The zero-order valence-electron chi connectivity index (χ0n) is 7.38. The maximum absolute atomic E-state index is 11.3. The number of thioether (sulfide) groups is 1. The highest BCUT2D eigenvalue weighted by Crippen LogP contribution is 2.31. The second kappa shape index (κ2) is 2.78. The zero-order chi connectivity index (χ0) is 9.54. The van der Waals surface area contributed by atoms with Gasteiger partial charge in [0.05, 0.1) is 0 Å². The Balaban J connectivity index is 2.29. The van der Waals surface area contributed by atoms with Crippen molar-refractivity contribution in [2.45, 2.75) is 10.9 Å². The molecule has 0 spiro atoms. The van der Waals surface area contributed by atoms with Crippen LogP contribution in [-0.4, -0.2) is 4.57 Å². The van der Waals surface area contributed by atoms with Crippen molar-refractivity contribution in [2.75, 3.05) is 0 Å². The minimum Gasteiger partial charge on any atom is -0.710 e. The standard InChI is InChI=1S/C10H8N2OS/c13-12-6-5-11-9-4-2-1-3-8(9)7-14-10(11)12/h1-6H,7H2. The van der Waals surface area contributed by atoms with Gasteiger partial charge in [0.2, 0.25) is 0 Å². The number of rotatable bonds is 0. The molecule has 1 aromatic carbocycles. The van der Waals surface area contributed by atoms with Gasteiger partial charge in [0, 0.05) is 11.3 Å². The van der Waals surface area contributed by atoms with Crippen LogP contribution in [0, 0.1) is 5.21 Å². The van der Waals surface area contributed by atoms with Gasteiger partial charge in [0.15, 0.2) is 0 Å². The SMILES string of the molecule is [O-][n+]1ccn2c1SCc1ccccc1-2. The van der Waals surface area contributed by atoms with Crippen molar-refractivity contribution >= 4 is 11.8 Å². The van der Waals surface area contributed by atoms with E-state index >= 15 is 0 Å². The molecule has 3 nitrogen and oxygen atoms in total. The van der Waals surface area contributed by atoms with Gasteiger partial charge in [-0.1, -0.05) is 18.2 Å². The Hall–Kier alpha value is -1.42. The van der Waals surface area contributed by atoms with Crippen molar-refractivity contribution in [3.05, 3.63) is 47.4 Å². The summed E-state index contributed by atoms with van der Waals surface area (Å²) < 4.78 is 2.86. The van der Waals surface area contributed by atoms with Crippen molar-refractivity contribution in [2.24, 2.45) is 0 Å². The van der Waals surface area contributed by atoms with Crippen LogP contribution in [0.5, 0.6) is 0 Å². The molecule has 0 N–H and O–H groups in total. The highest BCUT2D eigenvalue weighted by Gasteiger charge is 2.23. The molecular weight excluding hydrogens is 196 g/mol. The second-order valence-corrected chi connectivity index (χ2v) is 4.14. The molecule has 0 aliphatic carbocycles. The predicted octanol–water partition coefficient (Wildman–Crippen LogP) is 1.72. The Morgan fingerprint density at radius 3 is 3.14 bits per heavy atom. The Labute approximate surface area is 85.6 Å². The molecule has 4 heteroatoms. The van der Waals surface area contributed by atoms with Crippen molar-refractivity contribution < 1.29 is 4.73 Å². The van der Waals surface area contributed by atoms with E-state index in [1.807, 2.05) is 29.0 Å². The molecule has 14 heavy (non-hydrogen) atoms. The first-order chi connectivity index (χ1) is 6.86. The second-order valence-electron chi connectivity index (χ2n) is 3.19. The fourth-order valence-corrected chi connectivity index (χ4v) is 2.70. The summed E-state index contributed by atoms with van der Waals surface area (Å²) in [6.45, 7) is 0. The molecule has 0 radical (unpaired) electrons. The first-order valence-corrected chi connectivity index (χ1v) is 5.36. The molecule has 0 unspecified atom stereocenters. The number of aromatic nitrogens is 2. The molecule has 0 fully saturated rings. The maximum atomic E-state index is 11.3. The molecule has 1 aliphatic rings. The quantitative estimate of drug-likeness (QED) is 0.483. The van der Waals surface area contributed by atoms with Gasteiger partial charge >= 0.3 is 5.16 Å². The van der Waals surface area contributed by atoms with Gasteiger partial charge in [-0.3, -0.25) is 0 Å². The van der Waals surface area contributed by atoms with Gasteiger partial charge in [0.25, 0.3) is 0 Å². The van der Waals surface area contributed by atoms with Crippen LogP contribution in [0.4, 0.5) is 0 Å². The molecule has 0 amide bonds. The highest BCUT2D eigenvalue weighted by molar-refractivity contribution is 7.98. The molecule has 70 valence electrons. The molecule has 0 bridgehead atoms. The lowest BCUT2D eigenvalue weighted by Gasteiger charge is -2.13. The molecule has 1 aliphatic heterocycles. The lowest BCUT2D eigenvalue weighted by atomic mass is 10.2. The first kappa shape index (κ1) is 7.94. The first-order valence-electron chi connectivity index (χ1n) is 4.38. The third-order valence-electron chi connectivity index (χ3n) is 2.35. The monoisotopic (exact) mass is 204 g/mol. The third-order valence-corrected chi connectivity index (χ3v) is 3.44. The number of imidazole rings is 1. The molecule has 3 rings (SSSR count). The topological polar surface area (TPSA) is 31.9 Å². The molecule has 2 aromatic rings. The van der Waals surface area contributed by atoms with Gasteiger partial charge in [-0.2, -0.15) is 4.57 Å². The lowest BCUT2D eigenvalue weighted by molar-refractivity contribution is -0.645. The highest BCUT2D eigenvalue weighted by atomic mass is 32.2. The largest absolute Gasteiger partial charge is 0.710 e. The predicted molar refractivity (Wildman–Crippen MR) is 54.3 cm³/mol. The van der Waals surface area contributed by atoms with E-state index < -0.39 is 0 Å². The fourth-order valence-electron chi connectivity index (χ4n) is 1.69. The summed E-state index contributed by atoms with van der Waals surface area (Å²) in [6, 6.07) is 8.16. The van der Waals surface area contributed by atoms with E-state index in [4.69, 9.17) is 0 Å². The van der Waals surface area contributed by atoms with Crippen LogP contribution in [0.2, 0.25) is 0 Å². The van der Waals surface area contributed by atoms with Gasteiger partial charge in [0.1, 0.15) is 18.1 Å². The average molecular weight is 204 g/mol. The molecule has 0 saturated carbocycles. The van der Waals surface area contributed by atoms with Gasteiger partial charge in [-0.05, 0) is 17.8 Å². The number of hydrogen-bond donors (Lipinski definition) is 0. The number of para-hydroxylation sites is 1. The number of benzene rings is 1.